The van der Waals surface area contributed by atoms with Crippen LogP contribution in [0, 0.1) is 0 Å². The van der Waals surface area contributed by atoms with Gasteiger partial charge >= 0.3 is 0 Å². The van der Waals surface area contributed by atoms with Gasteiger partial charge in [0.2, 0.25) is 5.91 Å². The second-order valence-corrected chi connectivity index (χ2v) is 8.37. The van der Waals surface area contributed by atoms with Crippen LogP contribution in [0.15, 0.2) is 48.5 Å². The van der Waals surface area contributed by atoms with Gasteiger partial charge in [0, 0.05) is 17.1 Å². The van der Waals surface area contributed by atoms with E-state index in [2.05, 4.69) is 15.5 Å². The molecule has 2 N–H and O–H groups in total. The van der Waals surface area contributed by atoms with Gasteiger partial charge in [0.25, 0.3) is 5.91 Å². The van der Waals surface area contributed by atoms with E-state index in [-0.39, 0.29) is 30.5 Å². The van der Waals surface area contributed by atoms with Crippen molar-refractivity contribution >= 4 is 23.4 Å². The molecular formula is C24H30ClN3O3. The number of likely N-dealkylation sites (tertiary alicyclic amines) is 1. The molecule has 2 amide bonds. The van der Waals surface area contributed by atoms with E-state index < -0.39 is 0 Å². The summed E-state index contributed by atoms with van der Waals surface area (Å²) in [7, 11) is 0. The molecule has 1 atom stereocenters. The molecular weight excluding hydrogens is 414 g/mol. The Balaban J connectivity index is 1.52. The minimum Gasteiger partial charge on any atom is -0.491 e. The molecule has 6 nitrogen and oxygen atoms in total. The molecule has 1 fully saturated rings. The van der Waals surface area contributed by atoms with Gasteiger partial charge < -0.3 is 15.4 Å². The van der Waals surface area contributed by atoms with Crippen LogP contribution in [0.2, 0.25) is 5.02 Å². The summed E-state index contributed by atoms with van der Waals surface area (Å²) in [5.74, 6) is 0.176. The van der Waals surface area contributed by atoms with Crippen molar-refractivity contribution in [1.29, 1.82) is 0 Å². The highest BCUT2D eigenvalue weighted by atomic mass is 35.5. The van der Waals surface area contributed by atoms with E-state index in [1.807, 2.05) is 38.1 Å². The first-order valence-electron chi connectivity index (χ1n) is 10.7. The number of benzene rings is 2. The van der Waals surface area contributed by atoms with Crippen LogP contribution in [0.3, 0.4) is 0 Å². The molecule has 166 valence electrons. The first-order chi connectivity index (χ1) is 14.9. The molecule has 1 heterocycles. The molecule has 1 saturated heterocycles. The van der Waals surface area contributed by atoms with Gasteiger partial charge in [0.05, 0.1) is 18.7 Å². The SMILES string of the molecule is CC(C)Oc1ccc(C(=O)NCC(=O)NCC(c2ccccc2Cl)N2CCCC2)cc1. The quantitative estimate of drug-likeness (QED) is 0.618. The molecule has 0 aromatic heterocycles. The molecule has 0 aliphatic carbocycles. The molecule has 0 radical (unpaired) electrons. The lowest BCUT2D eigenvalue weighted by molar-refractivity contribution is -0.120. The molecule has 1 aliphatic heterocycles. The topological polar surface area (TPSA) is 70.7 Å². The van der Waals surface area contributed by atoms with Crippen LogP contribution >= 0.6 is 11.6 Å². The van der Waals surface area contributed by atoms with Crippen molar-refractivity contribution in [1.82, 2.24) is 15.5 Å². The summed E-state index contributed by atoms with van der Waals surface area (Å²) in [6.45, 7) is 6.22. The Morgan fingerprint density at radius 1 is 1.03 bits per heavy atom. The Kier molecular flexibility index (Phi) is 8.32. The molecule has 0 spiro atoms. The van der Waals surface area contributed by atoms with Crippen LogP contribution < -0.4 is 15.4 Å². The summed E-state index contributed by atoms with van der Waals surface area (Å²) in [5.41, 5.74) is 1.49. The number of halogens is 1. The summed E-state index contributed by atoms with van der Waals surface area (Å²) in [6, 6.07) is 14.6. The zero-order valence-electron chi connectivity index (χ0n) is 18.1. The zero-order valence-corrected chi connectivity index (χ0v) is 18.8. The van der Waals surface area contributed by atoms with Crippen molar-refractivity contribution in [3.05, 3.63) is 64.7 Å². The Morgan fingerprint density at radius 3 is 2.35 bits per heavy atom. The third-order valence-corrected chi connectivity index (χ3v) is 5.58. The van der Waals surface area contributed by atoms with Crippen molar-refractivity contribution in [2.75, 3.05) is 26.2 Å². The van der Waals surface area contributed by atoms with Gasteiger partial charge in [0.15, 0.2) is 0 Å². The molecule has 0 saturated carbocycles. The standard InChI is InChI=1S/C24H30ClN3O3/c1-17(2)31-19-11-9-18(10-12-19)24(30)27-16-23(29)26-15-22(28-13-5-6-14-28)20-7-3-4-8-21(20)25/h3-4,7-12,17,22H,5-6,13-16H2,1-2H3,(H,26,29)(H,27,30). The Labute approximate surface area is 188 Å². The lowest BCUT2D eigenvalue weighted by atomic mass is 10.1. The average molecular weight is 444 g/mol. The number of ether oxygens (including phenoxy) is 1. The predicted molar refractivity (Wildman–Crippen MR) is 123 cm³/mol. The summed E-state index contributed by atoms with van der Waals surface area (Å²) >= 11 is 6.42. The lowest BCUT2D eigenvalue weighted by Crippen LogP contribution is -2.41. The van der Waals surface area contributed by atoms with E-state index in [1.165, 1.54) is 0 Å². The van der Waals surface area contributed by atoms with Gasteiger partial charge in [-0.05, 0) is 75.7 Å². The van der Waals surface area contributed by atoms with Crippen molar-refractivity contribution in [2.24, 2.45) is 0 Å². The highest BCUT2D eigenvalue weighted by molar-refractivity contribution is 6.31. The summed E-state index contributed by atoms with van der Waals surface area (Å²) in [4.78, 5) is 27.1. The van der Waals surface area contributed by atoms with Crippen molar-refractivity contribution in [2.45, 2.75) is 38.8 Å². The van der Waals surface area contributed by atoms with E-state index in [0.717, 1.165) is 31.5 Å². The minimum atomic E-state index is -0.298. The fourth-order valence-corrected chi connectivity index (χ4v) is 3.99. The van der Waals surface area contributed by atoms with Crippen molar-refractivity contribution < 1.29 is 14.3 Å². The molecule has 2 aromatic rings. The average Bonchev–Trinajstić information content (AvgIpc) is 3.28. The molecule has 2 aromatic carbocycles. The summed E-state index contributed by atoms with van der Waals surface area (Å²) < 4.78 is 5.58. The third-order valence-electron chi connectivity index (χ3n) is 5.24. The third kappa shape index (κ3) is 6.71. The van der Waals surface area contributed by atoms with E-state index in [4.69, 9.17) is 16.3 Å². The fraction of sp³-hybridized carbons (Fsp3) is 0.417. The van der Waals surface area contributed by atoms with Crippen molar-refractivity contribution in [3.63, 3.8) is 0 Å². The number of amides is 2. The maximum Gasteiger partial charge on any atom is 0.251 e. The molecule has 0 bridgehead atoms. The number of hydrogen-bond acceptors (Lipinski definition) is 4. The number of rotatable bonds is 9. The zero-order chi connectivity index (χ0) is 22.2. The minimum absolute atomic E-state index is 0.0179. The second-order valence-electron chi connectivity index (χ2n) is 7.96. The molecule has 3 rings (SSSR count). The van der Waals surface area contributed by atoms with Crippen LogP contribution in [0.4, 0.5) is 0 Å². The summed E-state index contributed by atoms with van der Waals surface area (Å²) in [6.07, 6.45) is 2.36. The largest absolute Gasteiger partial charge is 0.491 e. The highest BCUT2D eigenvalue weighted by Crippen LogP contribution is 2.29. The first kappa shape index (κ1) is 23.1. The predicted octanol–water partition coefficient (Wildman–Crippen LogP) is 3.81. The highest BCUT2D eigenvalue weighted by Gasteiger charge is 2.25. The smallest absolute Gasteiger partial charge is 0.251 e. The van der Waals surface area contributed by atoms with E-state index in [1.54, 1.807) is 24.3 Å². The lowest BCUT2D eigenvalue weighted by Gasteiger charge is -2.29. The number of nitrogens with zero attached hydrogens (tertiary/aromatic N) is 1. The van der Waals surface area contributed by atoms with Crippen LogP contribution in [-0.4, -0.2) is 49.0 Å². The number of nitrogens with one attached hydrogen (secondary N) is 2. The van der Waals surface area contributed by atoms with Gasteiger partial charge in [-0.2, -0.15) is 0 Å². The Hall–Kier alpha value is -2.57. The normalized spacial score (nSPS) is 15.0. The fourth-order valence-electron chi connectivity index (χ4n) is 3.73. The second kappa shape index (κ2) is 11.2. The first-order valence-corrected chi connectivity index (χ1v) is 11.1. The molecule has 1 aliphatic rings. The van der Waals surface area contributed by atoms with Gasteiger partial charge in [-0.3, -0.25) is 14.5 Å². The van der Waals surface area contributed by atoms with Crippen LogP contribution in [-0.2, 0) is 4.79 Å². The number of carbonyl (C=O) groups is 2. The van der Waals surface area contributed by atoms with Gasteiger partial charge in [-0.25, -0.2) is 0 Å². The Morgan fingerprint density at radius 2 is 1.71 bits per heavy atom. The van der Waals surface area contributed by atoms with E-state index >= 15 is 0 Å². The molecule has 31 heavy (non-hydrogen) atoms. The number of carbonyl (C=O) groups excluding carboxylic acids is 2. The van der Waals surface area contributed by atoms with E-state index in [0.29, 0.717) is 22.9 Å². The Bertz CT molecular complexity index is 880. The van der Waals surface area contributed by atoms with Gasteiger partial charge in [-0.15, -0.1) is 0 Å². The number of hydrogen-bond donors (Lipinski definition) is 2. The molecule has 7 heteroatoms. The maximum absolute atomic E-state index is 12.4. The van der Waals surface area contributed by atoms with E-state index in [9.17, 15) is 9.59 Å². The molecule has 1 unspecified atom stereocenters. The van der Waals surface area contributed by atoms with Gasteiger partial charge in [0.1, 0.15) is 5.75 Å². The summed E-state index contributed by atoms with van der Waals surface area (Å²) in [5, 5.41) is 6.32. The maximum atomic E-state index is 12.4. The van der Waals surface area contributed by atoms with Gasteiger partial charge in [-0.1, -0.05) is 29.8 Å². The van der Waals surface area contributed by atoms with Crippen LogP contribution in [0.1, 0.15) is 48.7 Å². The monoisotopic (exact) mass is 443 g/mol. The van der Waals surface area contributed by atoms with Crippen LogP contribution in [0.5, 0.6) is 5.75 Å². The van der Waals surface area contributed by atoms with Crippen LogP contribution in [0.25, 0.3) is 0 Å². The van der Waals surface area contributed by atoms with Crippen molar-refractivity contribution in [3.8, 4) is 5.75 Å².